The Morgan fingerprint density at radius 1 is 1.04 bits per heavy atom. The number of nitrogens with one attached hydrogen (secondary N) is 1. The van der Waals surface area contributed by atoms with Gasteiger partial charge in [0.15, 0.2) is 0 Å². The molecule has 0 atom stereocenters. The van der Waals surface area contributed by atoms with Gasteiger partial charge in [-0.1, -0.05) is 6.07 Å². The van der Waals surface area contributed by atoms with Crippen LogP contribution in [0.2, 0.25) is 0 Å². The van der Waals surface area contributed by atoms with Crippen molar-refractivity contribution in [2.75, 3.05) is 5.32 Å². The molecule has 0 fully saturated rings. The minimum absolute atomic E-state index is 0.149. The summed E-state index contributed by atoms with van der Waals surface area (Å²) in [7, 11) is 0. The third kappa shape index (κ3) is 4.68. The molecule has 0 unspecified atom stereocenters. The van der Waals surface area contributed by atoms with Crippen LogP contribution >= 0.6 is 0 Å². The van der Waals surface area contributed by atoms with E-state index in [0.717, 1.165) is 5.56 Å². The number of nitrogens with zero attached hydrogens (tertiary/aromatic N) is 1. The summed E-state index contributed by atoms with van der Waals surface area (Å²) in [5.41, 5.74) is 7.53. The van der Waals surface area contributed by atoms with Crippen LogP contribution in [0.4, 0.5) is 5.69 Å². The van der Waals surface area contributed by atoms with E-state index in [1.54, 1.807) is 42.6 Å². The summed E-state index contributed by atoms with van der Waals surface area (Å²) >= 11 is 0. The third-order valence-corrected chi connectivity index (χ3v) is 3.74. The predicted molar refractivity (Wildman–Crippen MR) is 100.0 cm³/mol. The molecule has 7 nitrogen and oxygen atoms in total. The quantitative estimate of drug-likeness (QED) is 0.619. The fourth-order valence-electron chi connectivity index (χ4n) is 2.35. The first-order chi connectivity index (χ1) is 13.0. The van der Waals surface area contributed by atoms with E-state index in [-0.39, 0.29) is 11.5 Å². The summed E-state index contributed by atoms with van der Waals surface area (Å²) in [5, 5.41) is 11.6. The molecular formula is C20H17N3O4. The zero-order valence-corrected chi connectivity index (χ0v) is 14.3. The van der Waals surface area contributed by atoms with Crippen LogP contribution in [-0.2, 0) is 6.54 Å². The highest BCUT2D eigenvalue weighted by molar-refractivity contribution is 6.04. The Bertz CT molecular complexity index is 971. The van der Waals surface area contributed by atoms with Gasteiger partial charge in [-0.2, -0.15) is 0 Å². The largest absolute Gasteiger partial charge is 0.478 e. The molecule has 0 aliphatic heterocycles. The summed E-state index contributed by atoms with van der Waals surface area (Å²) in [6.07, 6.45) is 1.61. The number of carboxylic acid groups (broad SMARTS) is 1. The first-order valence-electron chi connectivity index (χ1n) is 8.13. The molecule has 1 aromatic heterocycles. The van der Waals surface area contributed by atoms with Gasteiger partial charge in [-0.3, -0.25) is 4.79 Å². The number of rotatable bonds is 6. The lowest BCUT2D eigenvalue weighted by molar-refractivity contribution is 0.0696. The highest BCUT2D eigenvalue weighted by atomic mass is 16.5. The Hall–Kier alpha value is -3.71. The van der Waals surface area contributed by atoms with Gasteiger partial charge in [-0.15, -0.1) is 0 Å². The van der Waals surface area contributed by atoms with Gasteiger partial charge in [0.2, 0.25) is 5.88 Å². The van der Waals surface area contributed by atoms with E-state index >= 15 is 0 Å². The molecule has 7 heteroatoms. The topological polar surface area (TPSA) is 115 Å². The van der Waals surface area contributed by atoms with Gasteiger partial charge in [0.1, 0.15) is 5.75 Å². The molecule has 3 rings (SSSR count). The SMILES string of the molecule is NCc1ccnc(Oc2cccc(C(=O)Nc3ccc(C(=O)O)cc3)c2)c1. The second kappa shape index (κ2) is 8.11. The Morgan fingerprint density at radius 2 is 1.81 bits per heavy atom. The Labute approximate surface area is 155 Å². The molecule has 0 saturated carbocycles. The van der Waals surface area contributed by atoms with E-state index in [1.807, 2.05) is 0 Å². The van der Waals surface area contributed by atoms with Crippen LogP contribution in [0.1, 0.15) is 26.3 Å². The average Bonchev–Trinajstić information content (AvgIpc) is 2.68. The maximum Gasteiger partial charge on any atom is 0.335 e. The molecule has 0 bridgehead atoms. The second-order valence-electron chi connectivity index (χ2n) is 5.67. The molecule has 4 N–H and O–H groups in total. The highest BCUT2D eigenvalue weighted by Gasteiger charge is 2.09. The number of ether oxygens (including phenoxy) is 1. The van der Waals surface area contributed by atoms with Gasteiger partial charge in [-0.05, 0) is 54.1 Å². The van der Waals surface area contributed by atoms with Crippen LogP contribution in [-0.4, -0.2) is 22.0 Å². The van der Waals surface area contributed by atoms with E-state index in [0.29, 0.717) is 29.4 Å². The molecule has 0 spiro atoms. The molecule has 2 aromatic carbocycles. The lowest BCUT2D eigenvalue weighted by atomic mass is 10.1. The first kappa shape index (κ1) is 18.1. The van der Waals surface area contributed by atoms with E-state index in [1.165, 1.54) is 24.3 Å². The van der Waals surface area contributed by atoms with Crippen molar-refractivity contribution in [1.29, 1.82) is 0 Å². The van der Waals surface area contributed by atoms with Gasteiger partial charge in [0, 0.05) is 30.1 Å². The van der Waals surface area contributed by atoms with Crippen LogP contribution in [0.15, 0.2) is 66.9 Å². The van der Waals surface area contributed by atoms with E-state index in [9.17, 15) is 9.59 Å². The number of amides is 1. The number of aromatic carboxylic acids is 1. The minimum atomic E-state index is -1.02. The molecule has 1 amide bonds. The Morgan fingerprint density at radius 3 is 2.52 bits per heavy atom. The monoisotopic (exact) mass is 363 g/mol. The van der Waals surface area contributed by atoms with Gasteiger partial charge in [0.25, 0.3) is 5.91 Å². The number of nitrogens with two attached hydrogens (primary N) is 1. The van der Waals surface area contributed by atoms with Gasteiger partial charge < -0.3 is 20.9 Å². The lowest BCUT2D eigenvalue weighted by Gasteiger charge is -2.09. The van der Waals surface area contributed by atoms with Crippen molar-refractivity contribution in [3.8, 4) is 11.6 Å². The van der Waals surface area contributed by atoms with Crippen molar-refractivity contribution in [3.05, 3.63) is 83.6 Å². The molecule has 27 heavy (non-hydrogen) atoms. The molecule has 0 radical (unpaired) electrons. The number of aromatic nitrogens is 1. The van der Waals surface area contributed by atoms with E-state index in [4.69, 9.17) is 15.6 Å². The predicted octanol–water partition coefficient (Wildman–Crippen LogP) is 3.28. The number of carboxylic acids is 1. The highest BCUT2D eigenvalue weighted by Crippen LogP contribution is 2.22. The Balaban J connectivity index is 1.72. The molecule has 1 heterocycles. The van der Waals surface area contributed by atoms with Gasteiger partial charge >= 0.3 is 5.97 Å². The maximum absolute atomic E-state index is 12.4. The standard InChI is InChI=1S/C20H17N3O4/c21-12-13-8-9-22-18(10-13)27-17-3-1-2-15(11-17)19(24)23-16-6-4-14(5-7-16)20(25)26/h1-11H,12,21H2,(H,23,24)(H,25,26). The third-order valence-electron chi connectivity index (χ3n) is 3.74. The normalized spacial score (nSPS) is 10.3. The average molecular weight is 363 g/mol. The van der Waals surface area contributed by atoms with Crippen LogP contribution in [0, 0.1) is 0 Å². The van der Waals surface area contributed by atoms with Crippen LogP contribution in [0.25, 0.3) is 0 Å². The van der Waals surface area contributed by atoms with Crippen molar-refractivity contribution < 1.29 is 19.4 Å². The van der Waals surface area contributed by atoms with Crippen LogP contribution in [0.5, 0.6) is 11.6 Å². The van der Waals surface area contributed by atoms with Crippen molar-refractivity contribution >= 4 is 17.6 Å². The van der Waals surface area contributed by atoms with Crippen molar-refractivity contribution in [2.24, 2.45) is 5.73 Å². The van der Waals surface area contributed by atoms with E-state index in [2.05, 4.69) is 10.3 Å². The molecule has 136 valence electrons. The second-order valence-corrected chi connectivity index (χ2v) is 5.67. The molecule has 0 saturated heterocycles. The summed E-state index contributed by atoms with van der Waals surface area (Å²) in [5.74, 6) is -0.512. The number of anilines is 1. The van der Waals surface area contributed by atoms with Crippen molar-refractivity contribution in [1.82, 2.24) is 4.98 Å². The summed E-state index contributed by atoms with van der Waals surface area (Å²) in [4.78, 5) is 27.4. The smallest absolute Gasteiger partial charge is 0.335 e. The molecule has 0 aliphatic rings. The van der Waals surface area contributed by atoms with E-state index < -0.39 is 5.97 Å². The fourth-order valence-corrected chi connectivity index (χ4v) is 2.35. The molecule has 0 aliphatic carbocycles. The maximum atomic E-state index is 12.4. The summed E-state index contributed by atoms with van der Waals surface area (Å²) in [6, 6.07) is 16.1. The molecule has 3 aromatic rings. The molecular weight excluding hydrogens is 346 g/mol. The number of pyridine rings is 1. The summed E-state index contributed by atoms with van der Waals surface area (Å²) < 4.78 is 5.69. The number of carbonyl (C=O) groups excluding carboxylic acids is 1. The number of carbonyl (C=O) groups is 2. The number of hydrogen-bond acceptors (Lipinski definition) is 5. The Kier molecular flexibility index (Phi) is 5.44. The number of hydrogen-bond donors (Lipinski definition) is 3. The first-order valence-corrected chi connectivity index (χ1v) is 8.13. The van der Waals surface area contributed by atoms with Gasteiger partial charge in [-0.25, -0.2) is 9.78 Å². The van der Waals surface area contributed by atoms with Gasteiger partial charge in [0.05, 0.1) is 5.56 Å². The minimum Gasteiger partial charge on any atom is -0.478 e. The van der Waals surface area contributed by atoms with Crippen molar-refractivity contribution in [2.45, 2.75) is 6.54 Å². The zero-order chi connectivity index (χ0) is 19.2. The lowest BCUT2D eigenvalue weighted by Crippen LogP contribution is -2.12. The fraction of sp³-hybridized carbons (Fsp3) is 0.0500. The number of benzene rings is 2. The zero-order valence-electron chi connectivity index (χ0n) is 14.3. The summed E-state index contributed by atoms with van der Waals surface area (Å²) in [6.45, 7) is 0.377. The van der Waals surface area contributed by atoms with Crippen molar-refractivity contribution in [3.63, 3.8) is 0 Å². The van der Waals surface area contributed by atoms with Crippen LogP contribution in [0.3, 0.4) is 0 Å². The van der Waals surface area contributed by atoms with Crippen LogP contribution < -0.4 is 15.8 Å².